The Morgan fingerprint density at radius 3 is 2.47 bits per heavy atom. The average Bonchev–Trinajstić information content (AvgIpc) is 3.05. The van der Waals surface area contributed by atoms with Crippen LogP contribution in [-0.4, -0.2) is 26.7 Å². The van der Waals surface area contributed by atoms with Gasteiger partial charge in [0.05, 0.1) is 0 Å². The Bertz CT molecular complexity index is 579. The Labute approximate surface area is 118 Å². The highest BCUT2D eigenvalue weighted by Crippen LogP contribution is 2.44. The number of hydrogen-bond donors (Lipinski definition) is 2. The maximum Gasteiger partial charge on any atom is 0.244 e. The van der Waals surface area contributed by atoms with Gasteiger partial charge < -0.3 is 5.11 Å². The molecule has 0 unspecified atom stereocenters. The van der Waals surface area contributed by atoms with E-state index in [-0.39, 0.29) is 17.6 Å². The van der Waals surface area contributed by atoms with Gasteiger partial charge in [-0.1, -0.05) is 0 Å². The number of nitrogens with one attached hydrogen (secondary N) is 1. The van der Waals surface area contributed by atoms with E-state index in [1.54, 1.807) is 0 Å². The van der Waals surface area contributed by atoms with Crippen LogP contribution in [0.25, 0.3) is 0 Å². The Morgan fingerprint density at radius 1 is 1.37 bits per heavy atom. The van der Waals surface area contributed by atoms with Crippen molar-refractivity contribution in [1.82, 2.24) is 4.72 Å². The zero-order valence-corrected chi connectivity index (χ0v) is 12.2. The first-order valence-corrected chi connectivity index (χ1v) is 7.82. The standard InChI is InChI=1S/C11H12BrF2NO3S/c12-8-3-7(13)4-9(14)10(8)19(17,18)15-5-11(6-16)1-2-11/h3-4,15-16H,1-2,5-6H2. The largest absolute Gasteiger partial charge is 0.396 e. The van der Waals surface area contributed by atoms with Gasteiger partial charge in [0.1, 0.15) is 16.5 Å². The minimum absolute atomic E-state index is 0.0368. The molecule has 1 saturated carbocycles. The summed E-state index contributed by atoms with van der Waals surface area (Å²) in [5.41, 5.74) is -0.434. The van der Waals surface area contributed by atoms with Gasteiger partial charge in [-0.15, -0.1) is 0 Å². The van der Waals surface area contributed by atoms with Crippen molar-refractivity contribution in [3.8, 4) is 0 Å². The third-order valence-electron chi connectivity index (χ3n) is 3.16. The van der Waals surface area contributed by atoms with E-state index in [0.717, 1.165) is 18.9 Å². The van der Waals surface area contributed by atoms with Crippen molar-refractivity contribution in [3.63, 3.8) is 0 Å². The van der Waals surface area contributed by atoms with Crippen LogP contribution >= 0.6 is 15.9 Å². The monoisotopic (exact) mass is 355 g/mol. The van der Waals surface area contributed by atoms with Gasteiger partial charge in [0.2, 0.25) is 10.0 Å². The molecule has 1 aliphatic rings. The van der Waals surface area contributed by atoms with Gasteiger partial charge in [0.25, 0.3) is 0 Å². The lowest BCUT2D eigenvalue weighted by atomic mass is 10.1. The Morgan fingerprint density at radius 2 is 2.00 bits per heavy atom. The highest BCUT2D eigenvalue weighted by molar-refractivity contribution is 9.10. The second-order valence-corrected chi connectivity index (χ2v) is 7.24. The summed E-state index contributed by atoms with van der Waals surface area (Å²) in [6.45, 7) is -0.0856. The molecule has 0 spiro atoms. The molecule has 19 heavy (non-hydrogen) atoms. The second-order valence-electron chi connectivity index (χ2n) is 4.68. The molecule has 0 amide bonds. The van der Waals surface area contributed by atoms with Crippen LogP contribution in [0.15, 0.2) is 21.5 Å². The third kappa shape index (κ3) is 3.13. The number of aliphatic hydroxyl groups excluding tert-OH is 1. The molecule has 0 bridgehead atoms. The van der Waals surface area contributed by atoms with Gasteiger partial charge in [-0.3, -0.25) is 0 Å². The lowest BCUT2D eigenvalue weighted by Crippen LogP contribution is -2.32. The Kier molecular flexibility index (Phi) is 3.97. The predicted octanol–water partition coefficient (Wildman–Crippen LogP) is 1.78. The van der Waals surface area contributed by atoms with Crippen molar-refractivity contribution >= 4 is 26.0 Å². The quantitative estimate of drug-likeness (QED) is 0.845. The van der Waals surface area contributed by atoms with Crippen molar-refractivity contribution in [2.24, 2.45) is 5.41 Å². The molecule has 0 aliphatic heterocycles. The summed E-state index contributed by atoms with van der Waals surface area (Å²) in [5, 5.41) is 9.10. The van der Waals surface area contributed by atoms with Gasteiger partial charge in [-0.25, -0.2) is 21.9 Å². The van der Waals surface area contributed by atoms with E-state index in [0.29, 0.717) is 6.07 Å². The molecular weight excluding hydrogens is 344 g/mol. The second kappa shape index (κ2) is 5.08. The summed E-state index contributed by atoms with van der Waals surface area (Å²) in [5.74, 6) is -2.02. The minimum atomic E-state index is -4.09. The molecule has 0 saturated heterocycles. The number of hydrogen-bond acceptors (Lipinski definition) is 3. The number of benzene rings is 1. The summed E-state index contributed by atoms with van der Waals surface area (Å²) in [6.07, 6.45) is 1.44. The van der Waals surface area contributed by atoms with Crippen LogP contribution in [0, 0.1) is 17.0 Å². The summed E-state index contributed by atoms with van der Waals surface area (Å²) in [4.78, 5) is -0.623. The van der Waals surface area contributed by atoms with Crippen LogP contribution in [0.1, 0.15) is 12.8 Å². The Balaban J connectivity index is 2.25. The molecule has 1 aromatic carbocycles. The van der Waals surface area contributed by atoms with Crippen molar-refractivity contribution in [1.29, 1.82) is 0 Å². The van der Waals surface area contributed by atoms with Crippen LogP contribution in [0.5, 0.6) is 0 Å². The highest BCUT2D eigenvalue weighted by atomic mass is 79.9. The van der Waals surface area contributed by atoms with E-state index in [4.69, 9.17) is 5.11 Å². The lowest BCUT2D eigenvalue weighted by molar-refractivity contribution is 0.213. The fraction of sp³-hybridized carbons (Fsp3) is 0.455. The first-order valence-electron chi connectivity index (χ1n) is 5.55. The lowest BCUT2D eigenvalue weighted by Gasteiger charge is -2.14. The molecule has 0 aromatic heterocycles. The molecule has 1 aromatic rings. The zero-order chi connectivity index (χ0) is 14.3. The SMILES string of the molecule is O=S(=O)(NCC1(CO)CC1)c1c(F)cc(F)cc1Br. The first kappa shape index (κ1) is 14.8. The predicted molar refractivity (Wildman–Crippen MR) is 68.0 cm³/mol. The van der Waals surface area contributed by atoms with Gasteiger partial charge >= 0.3 is 0 Å². The molecule has 106 valence electrons. The van der Waals surface area contributed by atoms with Crippen molar-refractivity contribution in [2.45, 2.75) is 17.7 Å². The molecule has 2 N–H and O–H groups in total. The Hall–Kier alpha value is -0.570. The summed E-state index contributed by atoms with van der Waals surface area (Å²) < 4.78 is 52.6. The number of rotatable bonds is 5. The van der Waals surface area contributed by atoms with E-state index in [1.807, 2.05) is 0 Å². The van der Waals surface area contributed by atoms with Crippen molar-refractivity contribution in [2.75, 3.05) is 13.2 Å². The van der Waals surface area contributed by atoms with Gasteiger partial charge in [0.15, 0.2) is 0 Å². The average molecular weight is 356 g/mol. The third-order valence-corrected chi connectivity index (χ3v) is 5.53. The van der Waals surface area contributed by atoms with Crippen molar-refractivity contribution in [3.05, 3.63) is 28.2 Å². The van der Waals surface area contributed by atoms with Crippen LogP contribution in [0.4, 0.5) is 8.78 Å². The smallest absolute Gasteiger partial charge is 0.244 e. The number of aliphatic hydroxyl groups is 1. The van der Waals surface area contributed by atoms with Crippen LogP contribution in [0.2, 0.25) is 0 Å². The van der Waals surface area contributed by atoms with Crippen LogP contribution in [0.3, 0.4) is 0 Å². The maximum absolute atomic E-state index is 13.6. The normalized spacial score (nSPS) is 17.5. The summed E-state index contributed by atoms with van der Waals surface area (Å²) >= 11 is 2.84. The maximum atomic E-state index is 13.6. The van der Waals surface area contributed by atoms with E-state index in [9.17, 15) is 17.2 Å². The van der Waals surface area contributed by atoms with Gasteiger partial charge in [-0.2, -0.15) is 0 Å². The molecular formula is C11H12BrF2NO3S. The number of halogens is 3. The van der Waals surface area contributed by atoms with Crippen LogP contribution < -0.4 is 4.72 Å². The topological polar surface area (TPSA) is 66.4 Å². The fourth-order valence-corrected chi connectivity index (χ4v) is 3.99. The van der Waals surface area contributed by atoms with Crippen LogP contribution in [-0.2, 0) is 10.0 Å². The molecule has 0 heterocycles. The highest BCUT2D eigenvalue weighted by Gasteiger charge is 2.43. The van der Waals surface area contributed by atoms with Crippen molar-refractivity contribution < 1.29 is 22.3 Å². The molecule has 2 rings (SSSR count). The molecule has 8 heteroatoms. The van der Waals surface area contributed by atoms with E-state index < -0.39 is 32.0 Å². The fourth-order valence-electron chi connectivity index (χ4n) is 1.67. The van der Waals surface area contributed by atoms with E-state index in [2.05, 4.69) is 20.7 Å². The molecule has 0 radical (unpaired) electrons. The summed E-state index contributed by atoms with van der Waals surface area (Å²) in [7, 11) is -4.09. The number of sulfonamides is 1. The zero-order valence-electron chi connectivity index (χ0n) is 9.79. The molecule has 1 aliphatic carbocycles. The van der Waals surface area contributed by atoms with E-state index in [1.165, 1.54) is 0 Å². The van der Waals surface area contributed by atoms with E-state index >= 15 is 0 Å². The molecule has 1 fully saturated rings. The molecule has 0 atom stereocenters. The first-order chi connectivity index (χ1) is 8.80. The summed E-state index contributed by atoms with van der Waals surface area (Å²) in [6, 6.07) is 1.40. The molecule has 4 nitrogen and oxygen atoms in total. The van der Waals surface area contributed by atoms with Gasteiger partial charge in [0, 0.05) is 29.1 Å². The minimum Gasteiger partial charge on any atom is -0.396 e. The van der Waals surface area contributed by atoms with Gasteiger partial charge in [-0.05, 0) is 34.8 Å².